The molecule has 7 nitrogen and oxygen atoms in total. The molecule has 1 aromatic rings. The van der Waals surface area contributed by atoms with Gasteiger partial charge in [0.1, 0.15) is 0 Å². The van der Waals surface area contributed by atoms with Gasteiger partial charge in [-0.1, -0.05) is 0 Å². The summed E-state index contributed by atoms with van der Waals surface area (Å²) in [7, 11) is 3.39. The molecule has 0 aliphatic rings. The van der Waals surface area contributed by atoms with Gasteiger partial charge in [0.25, 0.3) is 5.56 Å². The topological polar surface area (TPSA) is 108 Å². The van der Waals surface area contributed by atoms with Crippen molar-refractivity contribution in [2.75, 3.05) is 14.1 Å². The van der Waals surface area contributed by atoms with Crippen molar-refractivity contribution in [2.24, 2.45) is 10.7 Å². The molecule has 0 saturated heterocycles. The minimum absolute atomic E-state index is 0.0267. The number of hydrogen-bond acceptors (Lipinski definition) is 4. The molecular formula is C7H11N5O2. The summed E-state index contributed by atoms with van der Waals surface area (Å²) in [6.45, 7) is 0. The molecule has 0 aliphatic heterocycles. The van der Waals surface area contributed by atoms with Crippen LogP contribution in [-0.2, 0) is 0 Å². The maximum absolute atomic E-state index is 10.9. The summed E-state index contributed by atoms with van der Waals surface area (Å²) in [6.07, 6.45) is 0. The summed E-state index contributed by atoms with van der Waals surface area (Å²) in [5, 5.41) is 8.99. The van der Waals surface area contributed by atoms with Crippen molar-refractivity contribution in [3.63, 3.8) is 0 Å². The Kier molecular flexibility index (Phi) is 2.70. The fourth-order valence-corrected chi connectivity index (χ4v) is 0.694. The first-order valence-electron chi connectivity index (χ1n) is 3.81. The Balaban J connectivity index is 3.09. The summed E-state index contributed by atoms with van der Waals surface area (Å²) in [5.74, 6) is -0.237. The normalized spacial score (nSPS) is 11.4. The van der Waals surface area contributed by atoms with Gasteiger partial charge in [0.05, 0.1) is 6.07 Å². The van der Waals surface area contributed by atoms with Crippen LogP contribution in [0.4, 0.5) is 5.95 Å². The molecule has 0 atom stereocenters. The van der Waals surface area contributed by atoms with Crippen LogP contribution in [0.1, 0.15) is 0 Å². The highest BCUT2D eigenvalue weighted by atomic mass is 16.3. The third kappa shape index (κ3) is 2.47. The Morgan fingerprint density at radius 1 is 1.71 bits per heavy atom. The Bertz CT molecular complexity index is 409. The van der Waals surface area contributed by atoms with Crippen LogP contribution >= 0.6 is 0 Å². The Morgan fingerprint density at radius 3 is 2.86 bits per heavy atom. The van der Waals surface area contributed by atoms with Crippen LogP contribution in [0.5, 0.6) is 5.88 Å². The van der Waals surface area contributed by atoms with Crippen molar-refractivity contribution in [2.45, 2.75) is 0 Å². The van der Waals surface area contributed by atoms with Crippen molar-refractivity contribution in [3.8, 4) is 5.88 Å². The summed E-state index contributed by atoms with van der Waals surface area (Å²) in [6, 6.07) is 0.949. The van der Waals surface area contributed by atoms with E-state index >= 15 is 0 Å². The van der Waals surface area contributed by atoms with Gasteiger partial charge in [-0.3, -0.25) is 9.78 Å². The maximum Gasteiger partial charge on any atom is 0.256 e. The van der Waals surface area contributed by atoms with Crippen molar-refractivity contribution >= 4 is 11.9 Å². The minimum Gasteiger partial charge on any atom is -0.493 e. The number of hydrogen-bond donors (Lipinski definition) is 3. The van der Waals surface area contributed by atoms with Gasteiger partial charge in [-0.15, -0.1) is 0 Å². The van der Waals surface area contributed by atoms with E-state index in [-0.39, 0.29) is 17.8 Å². The first kappa shape index (κ1) is 10.0. The quantitative estimate of drug-likeness (QED) is 0.394. The zero-order valence-corrected chi connectivity index (χ0v) is 7.85. The van der Waals surface area contributed by atoms with E-state index in [9.17, 15) is 4.79 Å². The number of aromatic amines is 1. The smallest absolute Gasteiger partial charge is 0.256 e. The lowest BCUT2D eigenvalue weighted by Crippen LogP contribution is -2.30. The fraction of sp³-hybridized carbons (Fsp3) is 0.286. The molecule has 76 valence electrons. The SMILES string of the molecule is CN(C)/C(N)=N\c1nc(O)cc(=O)[nH]1. The van der Waals surface area contributed by atoms with Crippen molar-refractivity contribution in [1.82, 2.24) is 14.9 Å². The van der Waals surface area contributed by atoms with Gasteiger partial charge in [0.2, 0.25) is 11.8 Å². The van der Waals surface area contributed by atoms with Crippen LogP contribution in [0, 0.1) is 0 Å². The highest BCUT2D eigenvalue weighted by Crippen LogP contribution is 2.05. The number of nitrogens with one attached hydrogen (secondary N) is 1. The van der Waals surface area contributed by atoms with E-state index in [1.54, 1.807) is 19.0 Å². The molecule has 0 spiro atoms. The minimum atomic E-state index is -0.484. The summed E-state index contributed by atoms with van der Waals surface area (Å²) in [5.41, 5.74) is 5.00. The van der Waals surface area contributed by atoms with Crippen molar-refractivity contribution in [3.05, 3.63) is 16.4 Å². The van der Waals surface area contributed by atoms with Crippen LogP contribution in [0.2, 0.25) is 0 Å². The maximum atomic E-state index is 10.9. The molecule has 4 N–H and O–H groups in total. The number of nitrogens with zero attached hydrogens (tertiary/aromatic N) is 3. The second kappa shape index (κ2) is 3.77. The predicted octanol–water partition coefficient (Wildman–Crippen LogP) is -1.02. The molecule has 1 heterocycles. The van der Waals surface area contributed by atoms with Gasteiger partial charge in [-0.25, -0.2) is 0 Å². The lowest BCUT2D eigenvalue weighted by Gasteiger charge is -2.09. The highest BCUT2D eigenvalue weighted by molar-refractivity contribution is 5.79. The van der Waals surface area contributed by atoms with E-state index in [4.69, 9.17) is 10.8 Å². The molecule has 0 radical (unpaired) electrons. The van der Waals surface area contributed by atoms with Crippen LogP contribution in [0.15, 0.2) is 15.9 Å². The van der Waals surface area contributed by atoms with Crippen LogP contribution in [0.25, 0.3) is 0 Å². The second-order valence-electron chi connectivity index (χ2n) is 2.79. The largest absolute Gasteiger partial charge is 0.493 e. The standard InChI is InChI=1S/C7H11N5O2/c1-12(2)6(8)11-7-9-4(13)3-5(14)10-7/h3H,1-2H3,(H4,8,9,10,11,13,14). The van der Waals surface area contributed by atoms with Crippen LogP contribution in [0.3, 0.4) is 0 Å². The number of aliphatic imine (C=N–C) groups is 1. The molecule has 0 fully saturated rings. The third-order valence-electron chi connectivity index (χ3n) is 1.39. The van der Waals surface area contributed by atoms with E-state index < -0.39 is 5.56 Å². The predicted molar refractivity (Wildman–Crippen MR) is 51.5 cm³/mol. The first-order chi connectivity index (χ1) is 6.49. The third-order valence-corrected chi connectivity index (χ3v) is 1.39. The summed E-state index contributed by atoms with van der Waals surface area (Å²) in [4.78, 5) is 22.1. The van der Waals surface area contributed by atoms with Gasteiger partial charge in [0, 0.05) is 14.1 Å². The number of H-pyrrole nitrogens is 1. The highest BCUT2D eigenvalue weighted by Gasteiger charge is 2.00. The van der Waals surface area contributed by atoms with Crippen LogP contribution in [-0.4, -0.2) is 40.0 Å². The summed E-state index contributed by atoms with van der Waals surface area (Å²) < 4.78 is 0. The average Bonchev–Trinajstić information content (AvgIpc) is 2.01. The van der Waals surface area contributed by atoms with Gasteiger partial charge in [-0.2, -0.15) is 9.98 Å². The Morgan fingerprint density at radius 2 is 2.36 bits per heavy atom. The molecule has 1 aromatic heterocycles. The van der Waals surface area contributed by atoms with E-state index in [1.165, 1.54) is 0 Å². The Labute approximate surface area is 79.9 Å². The lowest BCUT2D eigenvalue weighted by atomic mass is 10.6. The molecule has 7 heteroatoms. The van der Waals surface area contributed by atoms with Gasteiger partial charge in [0.15, 0.2) is 5.96 Å². The molecular weight excluding hydrogens is 186 g/mol. The van der Waals surface area contributed by atoms with Crippen molar-refractivity contribution < 1.29 is 5.11 Å². The van der Waals surface area contributed by atoms with E-state index in [0.29, 0.717) is 0 Å². The molecule has 0 amide bonds. The average molecular weight is 197 g/mol. The van der Waals surface area contributed by atoms with Crippen LogP contribution < -0.4 is 11.3 Å². The first-order valence-corrected chi connectivity index (χ1v) is 3.81. The van der Waals surface area contributed by atoms with Gasteiger partial charge < -0.3 is 15.7 Å². The molecule has 14 heavy (non-hydrogen) atoms. The summed E-state index contributed by atoms with van der Waals surface area (Å²) >= 11 is 0. The monoisotopic (exact) mass is 197 g/mol. The molecule has 0 saturated carbocycles. The second-order valence-corrected chi connectivity index (χ2v) is 2.79. The molecule has 1 rings (SSSR count). The Hall–Kier alpha value is -2.05. The van der Waals surface area contributed by atoms with Gasteiger partial charge in [-0.05, 0) is 0 Å². The van der Waals surface area contributed by atoms with E-state index in [2.05, 4.69) is 15.0 Å². The zero-order valence-electron chi connectivity index (χ0n) is 7.85. The molecule has 0 aromatic carbocycles. The van der Waals surface area contributed by atoms with Gasteiger partial charge >= 0.3 is 0 Å². The fourth-order valence-electron chi connectivity index (χ4n) is 0.694. The molecule has 0 aliphatic carbocycles. The lowest BCUT2D eigenvalue weighted by molar-refractivity contribution is 0.451. The number of rotatable bonds is 1. The number of aromatic hydroxyl groups is 1. The number of guanidine groups is 1. The van der Waals surface area contributed by atoms with E-state index in [1.807, 2.05) is 0 Å². The molecule has 0 unspecified atom stereocenters. The van der Waals surface area contributed by atoms with E-state index in [0.717, 1.165) is 6.07 Å². The van der Waals surface area contributed by atoms with Crippen molar-refractivity contribution in [1.29, 1.82) is 0 Å². The number of nitrogens with two attached hydrogens (primary N) is 1. The molecule has 0 bridgehead atoms. The zero-order chi connectivity index (χ0) is 10.7. The number of aromatic nitrogens is 2.